The fourth-order valence-corrected chi connectivity index (χ4v) is 6.57. The first kappa shape index (κ1) is 52.9. The van der Waals surface area contributed by atoms with Gasteiger partial charge in [0.2, 0.25) is 0 Å². The lowest BCUT2D eigenvalue weighted by molar-refractivity contribution is -0.149. The van der Waals surface area contributed by atoms with Gasteiger partial charge >= 0.3 is 11.9 Å². The normalized spacial score (nSPS) is 11.2. The number of unbranched alkanes of at least 4 members (excludes halogenated alkanes) is 22. The third kappa shape index (κ3) is 41.4. The van der Waals surface area contributed by atoms with Gasteiger partial charge < -0.3 is 29.0 Å². The number of rotatable bonds is 44. The number of nitrogens with zero attached hydrogens (tertiary/aromatic N) is 1. The maximum absolute atomic E-state index is 12.3. The van der Waals surface area contributed by atoms with Crippen LogP contribution < -0.4 is 0 Å². The minimum Gasteiger partial charge on any atom is -0.466 e. The summed E-state index contributed by atoms with van der Waals surface area (Å²) in [6.45, 7) is 7.53. The summed E-state index contributed by atoms with van der Waals surface area (Å²) >= 11 is 0. The maximum Gasteiger partial charge on any atom is 0.305 e. The number of carbonyl (C=O) groups is 2. The van der Waals surface area contributed by atoms with Crippen molar-refractivity contribution in [1.82, 2.24) is 4.90 Å². The van der Waals surface area contributed by atoms with Gasteiger partial charge in [0.25, 0.3) is 0 Å². The minimum absolute atomic E-state index is 0.0462. The summed E-state index contributed by atoms with van der Waals surface area (Å²) in [7, 11) is 0. The molecule has 0 heterocycles. The van der Waals surface area contributed by atoms with Crippen LogP contribution in [0, 0.1) is 24.7 Å². The Morgan fingerprint density at radius 1 is 0.509 bits per heavy atom. The lowest BCUT2D eigenvalue weighted by Crippen LogP contribution is -2.29. The monoisotopic (exact) mass is 776 g/mol. The second-order valence-corrected chi connectivity index (χ2v) is 15.2. The maximum atomic E-state index is 12.3. The summed E-state index contributed by atoms with van der Waals surface area (Å²) in [5.41, 5.74) is 0. The number of hydrogen-bond donors (Lipinski definition) is 1. The predicted molar refractivity (Wildman–Crippen MR) is 228 cm³/mol. The van der Waals surface area contributed by atoms with Crippen LogP contribution in [0.2, 0.25) is 0 Å². The third-order valence-corrected chi connectivity index (χ3v) is 10.0. The molecule has 1 N–H and O–H groups in total. The molecule has 0 aliphatic heterocycles. The highest BCUT2D eigenvalue weighted by Gasteiger charge is 2.11. The van der Waals surface area contributed by atoms with E-state index in [1.807, 2.05) is 0 Å². The molecule has 8 heteroatoms. The van der Waals surface area contributed by atoms with Gasteiger partial charge in [-0.3, -0.25) is 9.59 Å². The van der Waals surface area contributed by atoms with E-state index in [9.17, 15) is 14.7 Å². The average molecular weight is 776 g/mol. The van der Waals surface area contributed by atoms with Crippen molar-refractivity contribution < 1.29 is 33.6 Å². The molecule has 0 spiro atoms. The van der Waals surface area contributed by atoms with Crippen molar-refractivity contribution in [2.45, 2.75) is 212 Å². The second-order valence-electron chi connectivity index (χ2n) is 15.2. The van der Waals surface area contributed by atoms with Crippen LogP contribution in [0.15, 0.2) is 0 Å². The van der Waals surface area contributed by atoms with Crippen molar-refractivity contribution in [3.8, 4) is 24.7 Å². The lowest BCUT2D eigenvalue weighted by atomic mass is 10.1. The summed E-state index contributed by atoms with van der Waals surface area (Å²) in [6, 6.07) is 0. The van der Waals surface area contributed by atoms with E-state index in [1.165, 1.54) is 32.1 Å². The molecule has 0 bridgehead atoms. The predicted octanol–water partition coefficient (Wildman–Crippen LogP) is 11.1. The standard InChI is InChI=1S/C47H85NO7/c1-4-7-10-13-16-23-30-41-52-45(50)34-25-18-17-19-28-37-48(39-40-49)38-29-20-24-31-42-53-46(51)35-26-27-36-47(54-43-32-21-14-11-8-5-2)55-44-33-22-15-12-9-6-3/h2-3,47,49H,4,7-44H2,1H3. The van der Waals surface area contributed by atoms with Crippen LogP contribution in [0.1, 0.15) is 206 Å². The SMILES string of the molecule is C#CCCCCCCOC(CCCCC(=O)OCCCCCCN(CCO)CCCCCCCC(=O)OCCCCCCCCC)OCCCCCCC#C. The molecule has 0 aromatic rings. The van der Waals surface area contributed by atoms with E-state index >= 15 is 0 Å². The van der Waals surface area contributed by atoms with E-state index < -0.39 is 0 Å². The Labute approximate surface area is 339 Å². The molecule has 0 aromatic carbocycles. The summed E-state index contributed by atoms with van der Waals surface area (Å²) in [5, 5.41) is 9.52. The van der Waals surface area contributed by atoms with Crippen molar-refractivity contribution in [3.63, 3.8) is 0 Å². The number of aliphatic hydroxyl groups excluding tert-OH is 1. The van der Waals surface area contributed by atoms with Gasteiger partial charge in [-0.05, 0) is 90.1 Å². The zero-order valence-electron chi connectivity index (χ0n) is 35.7. The Morgan fingerprint density at radius 2 is 0.909 bits per heavy atom. The van der Waals surface area contributed by atoms with E-state index in [2.05, 4.69) is 23.7 Å². The molecule has 0 amide bonds. The van der Waals surface area contributed by atoms with Gasteiger partial charge in [-0.1, -0.05) is 103 Å². The molecular formula is C47H85NO7. The molecule has 0 aromatic heterocycles. The van der Waals surface area contributed by atoms with Gasteiger partial charge in [0.15, 0.2) is 6.29 Å². The molecule has 0 fully saturated rings. The highest BCUT2D eigenvalue weighted by molar-refractivity contribution is 5.69. The van der Waals surface area contributed by atoms with Gasteiger partial charge in [-0.2, -0.15) is 0 Å². The van der Waals surface area contributed by atoms with Crippen LogP contribution >= 0.6 is 0 Å². The number of carbonyl (C=O) groups excluding carboxylic acids is 2. The van der Waals surface area contributed by atoms with Crippen molar-refractivity contribution in [1.29, 1.82) is 0 Å². The highest BCUT2D eigenvalue weighted by atomic mass is 16.7. The summed E-state index contributed by atoms with van der Waals surface area (Å²) in [4.78, 5) is 26.6. The molecule has 0 saturated heterocycles. The summed E-state index contributed by atoms with van der Waals surface area (Å²) < 4.78 is 23.0. The van der Waals surface area contributed by atoms with Crippen LogP contribution in [0.25, 0.3) is 0 Å². The van der Waals surface area contributed by atoms with E-state index in [0.29, 0.717) is 45.8 Å². The van der Waals surface area contributed by atoms with Gasteiger partial charge in [0, 0.05) is 45.4 Å². The van der Waals surface area contributed by atoms with Crippen molar-refractivity contribution >= 4 is 11.9 Å². The zero-order chi connectivity index (χ0) is 40.1. The number of hydrogen-bond acceptors (Lipinski definition) is 8. The molecule has 0 saturated carbocycles. The van der Waals surface area contributed by atoms with Crippen molar-refractivity contribution in [2.24, 2.45) is 0 Å². The van der Waals surface area contributed by atoms with Crippen molar-refractivity contribution in [2.75, 3.05) is 52.7 Å². The minimum atomic E-state index is -0.223. The molecule has 0 unspecified atom stereocenters. The summed E-state index contributed by atoms with van der Waals surface area (Å²) in [6.07, 6.45) is 42.2. The second kappa shape index (κ2) is 44.6. The fourth-order valence-electron chi connectivity index (χ4n) is 6.57. The Bertz CT molecular complexity index is 886. The molecule has 320 valence electrons. The Hall–Kier alpha value is -2.10. The lowest BCUT2D eigenvalue weighted by Gasteiger charge is -2.21. The molecule has 0 rings (SSSR count). The van der Waals surface area contributed by atoms with E-state index in [4.69, 9.17) is 31.8 Å². The topological polar surface area (TPSA) is 94.5 Å². The molecular weight excluding hydrogens is 691 g/mol. The Balaban J connectivity index is 3.91. The molecule has 8 nitrogen and oxygen atoms in total. The number of ether oxygens (including phenoxy) is 4. The highest BCUT2D eigenvalue weighted by Crippen LogP contribution is 2.14. The van der Waals surface area contributed by atoms with Crippen LogP contribution in [0.4, 0.5) is 0 Å². The first-order valence-corrected chi connectivity index (χ1v) is 22.8. The van der Waals surface area contributed by atoms with Crippen LogP contribution in [-0.4, -0.2) is 80.9 Å². The van der Waals surface area contributed by atoms with E-state index in [0.717, 1.165) is 167 Å². The van der Waals surface area contributed by atoms with Crippen LogP contribution in [0.5, 0.6) is 0 Å². The number of terminal acetylenes is 2. The summed E-state index contributed by atoms with van der Waals surface area (Å²) in [5.74, 6) is 5.23. The first-order chi connectivity index (χ1) is 27.1. The van der Waals surface area contributed by atoms with E-state index in [1.54, 1.807) is 0 Å². The third-order valence-electron chi connectivity index (χ3n) is 10.0. The van der Waals surface area contributed by atoms with Crippen LogP contribution in [-0.2, 0) is 28.5 Å². The zero-order valence-corrected chi connectivity index (χ0v) is 35.7. The Morgan fingerprint density at radius 3 is 1.38 bits per heavy atom. The number of aliphatic hydroxyl groups is 1. The van der Waals surface area contributed by atoms with Gasteiger partial charge in [-0.25, -0.2) is 0 Å². The van der Waals surface area contributed by atoms with Crippen LogP contribution in [0.3, 0.4) is 0 Å². The quantitative estimate of drug-likeness (QED) is 0.0283. The van der Waals surface area contributed by atoms with Gasteiger partial charge in [-0.15, -0.1) is 24.7 Å². The Kier molecular flexibility index (Phi) is 42.9. The molecule has 55 heavy (non-hydrogen) atoms. The smallest absolute Gasteiger partial charge is 0.305 e. The first-order valence-electron chi connectivity index (χ1n) is 22.8. The molecule has 0 aliphatic rings. The largest absolute Gasteiger partial charge is 0.466 e. The average Bonchev–Trinajstić information content (AvgIpc) is 3.18. The fraction of sp³-hybridized carbons (Fsp3) is 0.872. The molecule has 0 aliphatic carbocycles. The number of esters is 2. The van der Waals surface area contributed by atoms with Gasteiger partial charge in [0.05, 0.1) is 19.8 Å². The van der Waals surface area contributed by atoms with Gasteiger partial charge in [0.1, 0.15) is 0 Å². The molecule has 0 radical (unpaired) electrons. The van der Waals surface area contributed by atoms with Crippen molar-refractivity contribution in [3.05, 3.63) is 0 Å². The van der Waals surface area contributed by atoms with E-state index in [-0.39, 0.29) is 24.8 Å². The molecule has 0 atom stereocenters.